The highest BCUT2D eigenvalue weighted by Crippen LogP contribution is 2.33. The number of carbonyl (C=O) groups excluding carboxylic acids is 1. The maximum absolute atomic E-state index is 11.5. The third-order valence-electron chi connectivity index (χ3n) is 3.33. The predicted molar refractivity (Wildman–Crippen MR) is 71.1 cm³/mol. The summed E-state index contributed by atoms with van der Waals surface area (Å²) in [7, 11) is 0. The Hall–Kier alpha value is -1.35. The highest BCUT2D eigenvalue weighted by Gasteiger charge is 2.21. The predicted octanol–water partition coefficient (Wildman–Crippen LogP) is 1.90. The largest absolute Gasteiger partial charge is 0.391 e. The lowest BCUT2D eigenvalue weighted by Crippen LogP contribution is -2.33. The van der Waals surface area contributed by atoms with Gasteiger partial charge in [-0.3, -0.25) is 4.79 Å². The van der Waals surface area contributed by atoms with Crippen LogP contribution >= 0.6 is 0 Å². The normalized spacial score (nSPS) is 16.3. The Balaban J connectivity index is 1.61. The van der Waals surface area contributed by atoms with Crippen LogP contribution in [0, 0.1) is 5.92 Å². The van der Waals surface area contributed by atoms with Gasteiger partial charge >= 0.3 is 0 Å². The molecular weight excluding hydrogens is 226 g/mol. The summed E-state index contributed by atoms with van der Waals surface area (Å²) in [6, 6.07) is 9.83. The van der Waals surface area contributed by atoms with Crippen molar-refractivity contribution in [2.24, 2.45) is 5.92 Å². The molecule has 1 amide bonds. The first-order chi connectivity index (χ1) is 8.74. The van der Waals surface area contributed by atoms with Crippen LogP contribution in [0.4, 0.5) is 0 Å². The molecule has 0 saturated heterocycles. The molecule has 2 N–H and O–H groups in total. The van der Waals surface area contributed by atoms with Gasteiger partial charge in [0.2, 0.25) is 5.91 Å². The topological polar surface area (TPSA) is 49.3 Å². The summed E-state index contributed by atoms with van der Waals surface area (Å²) in [5, 5.41) is 12.6. The van der Waals surface area contributed by atoms with Gasteiger partial charge < -0.3 is 10.4 Å². The summed E-state index contributed by atoms with van der Waals surface area (Å²) >= 11 is 0. The highest BCUT2D eigenvalue weighted by molar-refractivity contribution is 5.75. The summed E-state index contributed by atoms with van der Waals surface area (Å²) in [5.41, 5.74) is 1.09. The standard InChI is InChI=1S/C15H21NO2/c17-14(10-13-4-2-1-3-5-13)11-16-15(18)9-8-12-6-7-12/h1-5,12,14,17H,6-11H2,(H,16,18). The smallest absolute Gasteiger partial charge is 0.220 e. The SMILES string of the molecule is O=C(CCC1CC1)NCC(O)Cc1ccccc1. The van der Waals surface area contributed by atoms with Crippen LogP contribution in [0.1, 0.15) is 31.2 Å². The van der Waals surface area contributed by atoms with Crippen molar-refractivity contribution in [1.82, 2.24) is 5.32 Å². The molecule has 1 fully saturated rings. The summed E-state index contributed by atoms with van der Waals surface area (Å²) < 4.78 is 0. The fraction of sp³-hybridized carbons (Fsp3) is 0.533. The second-order valence-electron chi connectivity index (χ2n) is 5.13. The van der Waals surface area contributed by atoms with Crippen molar-refractivity contribution in [2.75, 3.05) is 6.54 Å². The molecular formula is C15H21NO2. The Labute approximate surface area is 108 Å². The molecule has 1 atom stereocenters. The number of aliphatic hydroxyl groups is 1. The van der Waals surface area contributed by atoms with Gasteiger partial charge in [-0.25, -0.2) is 0 Å². The molecule has 98 valence electrons. The lowest BCUT2D eigenvalue weighted by atomic mass is 10.1. The molecule has 1 aliphatic rings. The van der Waals surface area contributed by atoms with E-state index in [1.807, 2.05) is 30.3 Å². The molecule has 1 saturated carbocycles. The molecule has 18 heavy (non-hydrogen) atoms. The summed E-state index contributed by atoms with van der Waals surface area (Å²) in [4.78, 5) is 11.5. The number of carbonyl (C=O) groups is 1. The van der Waals surface area contributed by atoms with Crippen molar-refractivity contribution in [3.63, 3.8) is 0 Å². The zero-order valence-electron chi connectivity index (χ0n) is 10.6. The Morgan fingerprint density at radius 2 is 2.06 bits per heavy atom. The van der Waals surface area contributed by atoms with Gasteiger partial charge in [0, 0.05) is 19.4 Å². The van der Waals surface area contributed by atoms with Crippen LogP contribution < -0.4 is 5.32 Å². The molecule has 3 heteroatoms. The molecule has 2 rings (SSSR count). The van der Waals surface area contributed by atoms with Gasteiger partial charge in [-0.05, 0) is 17.9 Å². The maximum atomic E-state index is 11.5. The molecule has 0 bridgehead atoms. The van der Waals surface area contributed by atoms with Gasteiger partial charge in [0.25, 0.3) is 0 Å². The number of rotatable bonds is 7. The Morgan fingerprint density at radius 1 is 1.33 bits per heavy atom. The molecule has 1 aromatic rings. The highest BCUT2D eigenvalue weighted by atomic mass is 16.3. The second-order valence-corrected chi connectivity index (χ2v) is 5.13. The molecule has 1 aromatic carbocycles. The third-order valence-corrected chi connectivity index (χ3v) is 3.33. The van der Waals surface area contributed by atoms with E-state index in [2.05, 4.69) is 5.32 Å². The Bertz CT molecular complexity index is 373. The monoisotopic (exact) mass is 247 g/mol. The minimum atomic E-state index is -0.503. The molecule has 0 aliphatic heterocycles. The Kier molecular flexibility index (Phi) is 4.76. The van der Waals surface area contributed by atoms with E-state index in [1.165, 1.54) is 12.8 Å². The number of nitrogens with one attached hydrogen (secondary N) is 1. The van der Waals surface area contributed by atoms with Crippen molar-refractivity contribution in [3.05, 3.63) is 35.9 Å². The average molecular weight is 247 g/mol. The lowest BCUT2D eigenvalue weighted by Gasteiger charge is -2.12. The maximum Gasteiger partial charge on any atom is 0.220 e. The zero-order valence-corrected chi connectivity index (χ0v) is 10.6. The lowest BCUT2D eigenvalue weighted by molar-refractivity contribution is -0.121. The van der Waals surface area contributed by atoms with Gasteiger partial charge in [0.15, 0.2) is 0 Å². The van der Waals surface area contributed by atoms with E-state index >= 15 is 0 Å². The van der Waals surface area contributed by atoms with Crippen LogP contribution in [-0.4, -0.2) is 23.7 Å². The van der Waals surface area contributed by atoms with Crippen molar-refractivity contribution < 1.29 is 9.90 Å². The number of aliphatic hydroxyl groups excluding tert-OH is 1. The molecule has 0 radical (unpaired) electrons. The van der Waals surface area contributed by atoms with E-state index in [9.17, 15) is 9.90 Å². The molecule has 3 nitrogen and oxygen atoms in total. The van der Waals surface area contributed by atoms with E-state index in [4.69, 9.17) is 0 Å². The van der Waals surface area contributed by atoms with Gasteiger partial charge in [0.1, 0.15) is 0 Å². The Morgan fingerprint density at radius 3 is 2.72 bits per heavy atom. The summed E-state index contributed by atoms with van der Waals surface area (Å²) in [6.07, 6.45) is 4.25. The van der Waals surface area contributed by atoms with E-state index < -0.39 is 6.10 Å². The molecule has 1 aliphatic carbocycles. The second kappa shape index (κ2) is 6.55. The molecule has 1 unspecified atom stereocenters. The van der Waals surface area contributed by atoms with Gasteiger partial charge in [-0.1, -0.05) is 43.2 Å². The van der Waals surface area contributed by atoms with E-state index in [1.54, 1.807) is 0 Å². The van der Waals surface area contributed by atoms with Gasteiger partial charge in [-0.15, -0.1) is 0 Å². The fourth-order valence-electron chi connectivity index (χ4n) is 2.02. The number of benzene rings is 1. The van der Waals surface area contributed by atoms with Gasteiger partial charge in [0.05, 0.1) is 6.10 Å². The van der Waals surface area contributed by atoms with Crippen molar-refractivity contribution in [3.8, 4) is 0 Å². The number of amides is 1. The summed E-state index contributed by atoms with van der Waals surface area (Å²) in [5.74, 6) is 0.846. The minimum Gasteiger partial charge on any atom is -0.391 e. The molecule has 0 heterocycles. The number of hydrogen-bond acceptors (Lipinski definition) is 2. The van der Waals surface area contributed by atoms with Crippen LogP contribution in [0.5, 0.6) is 0 Å². The average Bonchev–Trinajstić information content (AvgIpc) is 3.19. The first kappa shape index (κ1) is 13.1. The van der Waals surface area contributed by atoms with Crippen LogP contribution in [0.25, 0.3) is 0 Å². The van der Waals surface area contributed by atoms with Crippen LogP contribution in [0.15, 0.2) is 30.3 Å². The fourth-order valence-corrected chi connectivity index (χ4v) is 2.02. The van der Waals surface area contributed by atoms with E-state index in [-0.39, 0.29) is 5.91 Å². The van der Waals surface area contributed by atoms with Crippen molar-refractivity contribution in [2.45, 2.75) is 38.2 Å². The van der Waals surface area contributed by atoms with Crippen LogP contribution in [-0.2, 0) is 11.2 Å². The zero-order chi connectivity index (χ0) is 12.8. The molecule has 0 aromatic heterocycles. The quantitative estimate of drug-likeness (QED) is 0.773. The third kappa shape index (κ3) is 4.88. The van der Waals surface area contributed by atoms with Crippen molar-refractivity contribution >= 4 is 5.91 Å². The minimum absolute atomic E-state index is 0.0639. The van der Waals surface area contributed by atoms with Gasteiger partial charge in [-0.2, -0.15) is 0 Å². The van der Waals surface area contributed by atoms with Crippen molar-refractivity contribution in [1.29, 1.82) is 0 Å². The van der Waals surface area contributed by atoms with E-state index in [0.717, 1.165) is 17.9 Å². The van der Waals surface area contributed by atoms with Crippen LogP contribution in [0.2, 0.25) is 0 Å². The number of hydrogen-bond donors (Lipinski definition) is 2. The van der Waals surface area contributed by atoms with E-state index in [0.29, 0.717) is 19.4 Å². The first-order valence-corrected chi connectivity index (χ1v) is 6.72. The molecule has 0 spiro atoms. The summed E-state index contributed by atoms with van der Waals surface area (Å²) in [6.45, 7) is 0.346. The first-order valence-electron chi connectivity index (χ1n) is 6.72. The van der Waals surface area contributed by atoms with Crippen LogP contribution in [0.3, 0.4) is 0 Å².